The van der Waals surface area contributed by atoms with Gasteiger partial charge in [-0.05, 0) is 49.9 Å². The minimum Gasteiger partial charge on any atom is -0.342 e. The molecule has 3 N–H and O–H groups in total. The summed E-state index contributed by atoms with van der Waals surface area (Å²) < 4.78 is 0. The van der Waals surface area contributed by atoms with Crippen molar-refractivity contribution in [3.8, 4) is 11.3 Å². The van der Waals surface area contributed by atoms with E-state index in [1.807, 2.05) is 24.4 Å². The number of nitrogens with one attached hydrogen (secondary N) is 1. The van der Waals surface area contributed by atoms with Crippen molar-refractivity contribution in [2.75, 3.05) is 0 Å². The molecule has 112 valence electrons. The SMILES string of the molecule is NC1CCC(c2nc3ccc(-c4ccccn4)cc3[nH]2)CC1. The van der Waals surface area contributed by atoms with Crippen LogP contribution in [0.3, 0.4) is 0 Å². The van der Waals surface area contributed by atoms with Gasteiger partial charge in [-0.15, -0.1) is 0 Å². The molecule has 4 nitrogen and oxygen atoms in total. The van der Waals surface area contributed by atoms with Gasteiger partial charge in [-0.2, -0.15) is 0 Å². The Morgan fingerprint density at radius 3 is 2.68 bits per heavy atom. The highest BCUT2D eigenvalue weighted by Crippen LogP contribution is 2.32. The van der Waals surface area contributed by atoms with Crippen LogP contribution in [0.25, 0.3) is 22.3 Å². The van der Waals surface area contributed by atoms with Crippen LogP contribution in [0.4, 0.5) is 0 Å². The normalized spacial score (nSPS) is 22.0. The molecule has 0 bridgehead atoms. The van der Waals surface area contributed by atoms with Gasteiger partial charge in [0.1, 0.15) is 5.82 Å². The van der Waals surface area contributed by atoms with E-state index in [1.54, 1.807) is 0 Å². The Morgan fingerprint density at radius 1 is 1.05 bits per heavy atom. The molecule has 0 radical (unpaired) electrons. The number of hydrogen-bond acceptors (Lipinski definition) is 3. The zero-order chi connectivity index (χ0) is 14.9. The lowest BCUT2D eigenvalue weighted by Gasteiger charge is -2.24. The van der Waals surface area contributed by atoms with Gasteiger partial charge in [-0.1, -0.05) is 12.1 Å². The number of fused-ring (bicyclic) bond motifs is 1. The average Bonchev–Trinajstić information content (AvgIpc) is 2.99. The highest BCUT2D eigenvalue weighted by Gasteiger charge is 2.22. The molecule has 1 aliphatic carbocycles. The van der Waals surface area contributed by atoms with Crippen LogP contribution in [-0.4, -0.2) is 21.0 Å². The predicted octanol–water partition coefficient (Wildman–Crippen LogP) is 3.61. The molecule has 1 saturated carbocycles. The van der Waals surface area contributed by atoms with Gasteiger partial charge >= 0.3 is 0 Å². The van der Waals surface area contributed by atoms with Crippen LogP contribution < -0.4 is 5.73 Å². The second-order valence-electron chi connectivity index (χ2n) is 6.18. The van der Waals surface area contributed by atoms with E-state index in [0.29, 0.717) is 12.0 Å². The van der Waals surface area contributed by atoms with E-state index < -0.39 is 0 Å². The van der Waals surface area contributed by atoms with Crippen LogP contribution >= 0.6 is 0 Å². The Bertz CT molecular complexity index is 770. The van der Waals surface area contributed by atoms with E-state index >= 15 is 0 Å². The summed E-state index contributed by atoms with van der Waals surface area (Å²) in [6.07, 6.45) is 6.28. The summed E-state index contributed by atoms with van der Waals surface area (Å²) in [5, 5.41) is 0. The highest BCUT2D eigenvalue weighted by atomic mass is 14.9. The van der Waals surface area contributed by atoms with E-state index in [2.05, 4.69) is 28.2 Å². The predicted molar refractivity (Wildman–Crippen MR) is 88.5 cm³/mol. The number of nitrogens with zero attached hydrogens (tertiary/aromatic N) is 2. The van der Waals surface area contributed by atoms with Crippen LogP contribution in [0.2, 0.25) is 0 Å². The van der Waals surface area contributed by atoms with Crippen molar-refractivity contribution in [3.63, 3.8) is 0 Å². The van der Waals surface area contributed by atoms with Crippen LogP contribution in [0.15, 0.2) is 42.6 Å². The van der Waals surface area contributed by atoms with E-state index in [0.717, 1.165) is 53.8 Å². The number of pyridine rings is 1. The van der Waals surface area contributed by atoms with E-state index in [-0.39, 0.29) is 0 Å². The fraction of sp³-hybridized carbons (Fsp3) is 0.333. The maximum atomic E-state index is 6.00. The molecule has 2 aromatic heterocycles. The number of rotatable bonds is 2. The number of nitrogens with two attached hydrogens (primary N) is 1. The molecule has 0 atom stereocenters. The van der Waals surface area contributed by atoms with Crippen molar-refractivity contribution < 1.29 is 0 Å². The van der Waals surface area contributed by atoms with Gasteiger partial charge in [0.15, 0.2) is 0 Å². The van der Waals surface area contributed by atoms with Crippen molar-refractivity contribution in [1.29, 1.82) is 0 Å². The van der Waals surface area contributed by atoms with Gasteiger partial charge in [0.05, 0.1) is 16.7 Å². The second kappa shape index (κ2) is 5.54. The number of aromatic nitrogens is 3. The highest BCUT2D eigenvalue weighted by molar-refractivity contribution is 5.81. The number of aromatic amines is 1. The van der Waals surface area contributed by atoms with Gasteiger partial charge in [-0.25, -0.2) is 4.98 Å². The van der Waals surface area contributed by atoms with Crippen molar-refractivity contribution >= 4 is 11.0 Å². The summed E-state index contributed by atoms with van der Waals surface area (Å²) in [5.41, 5.74) is 10.2. The zero-order valence-electron chi connectivity index (χ0n) is 12.5. The quantitative estimate of drug-likeness (QED) is 0.758. The van der Waals surface area contributed by atoms with Crippen molar-refractivity contribution in [2.24, 2.45) is 5.73 Å². The molecule has 1 fully saturated rings. The first-order chi connectivity index (χ1) is 10.8. The Hall–Kier alpha value is -2.20. The molecule has 4 heteroatoms. The van der Waals surface area contributed by atoms with Gasteiger partial charge in [0.25, 0.3) is 0 Å². The summed E-state index contributed by atoms with van der Waals surface area (Å²) in [5.74, 6) is 1.63. The van der Waals surface area contributed by atoms with Crippen molar-refractivity contribution in [1.82, 2.24) is 15.0 Å². The molecule has 0 unspecified atom stereocenters. The molecule has 1 aromatic carbocycles. The van der Waals surface area contributed by atoms with E-state index in [9.17, 15) is 0 Å². The van der Waals surface area contributed by atoms with Gasteiger partial charge in [0, 0.05) is 23.7 Å². The summed E-state index contributed by atoms with van der Waals surface area (Å²) >= 11 is 0. The molecule has 0 amide bonds. The van der Waals surface area contributed by atoms with Crippen LogP contribution in [-0.2, 0) is 0 Å². The lowest BCUT2D eigenvalue weighted by atomic mass is 9.86. The van der Waals surface area contributed by atoms with Crippen LogP contribution in [0, 0.1) is 0 Å². The first kappa shape index (κ1) is 13.5. The molecule has 0 spiro atoms. The number of imidazole rings is 1. The largest absolute Gasteiger partial charge is 0.342 e. The van der Waals surface area contributed by atoms with Crippen molar-refractivity contribution in [3.05, 3.63) is 48.4 Å². The lowest BCUT2D eigenvalue weighted by Crippen LogP contribution is -2.26. The minimum atomic E-state index is 0.372. The topological polar surface area (TPSA) is 67.6 Å². The third kappa shape index (κ3) is 2.50. The van der Waals surface area contributed by atoms with Crippen molar-refractivity contribution in [2.45, 2.75) is 37.6 Å². The lowest BCUT2D eigenvalue weighted by molar-refractivity contribution is 0.386. The third-order valence-electron chi connectivity index (χ3n) is 4.62. The van der Waals surface area contributed by atoms with Gasteiger partial charge < -0.3 is 10.7 Å². The molecule has 2 heterocycles. The average molecular weight is 292 g/mol. The third-order valence-corrected chi connectivity index (χ3v) is 4.62. The Labute approximate surface area is 129 Å². The Kier molecular flexibility index (Phi) is 3.39. The fourth-order valence-corrected chi connectivity index (χ4v) is 3.31. The monoisotopic (exact) mass is 292 g/mol. The Balaban J connectivity index is 1.66. The molecule has 3 aromatic rings. The number of hydrogen-bond donors (Lipinski definition) is 2. The standard InChI is InChI=1S/C18H20N4/c19-14-7-4-12(5-8-14)18-21-16-9-6-13(11-17(16)22-18)15-3-1-2-10-20-15/h1-3,6,9-12,14H,4-5,7-8,19H2,(H,21,22). The molecular weight excluding hydrogens is 272 g/mol. The molecule has 1 aliphatic rings. The maximum absolute atomic E-state index is 6.00. The van der Waals surface area contributed by atoms with Gasteiger partial charge in [-0.3, -0.25) is 4.98 Å². The summed E-state index contributed by atoms with van der Waals surface area (Å²) in [4.78, 5) is 12.7. The van der Waals surface area contributed by atoms with E-state index in [1.165, 1.54) is 0 Å². The van der Waals surface area contributed by atoms with Crippen LogP contribution in [0.5, 0.6) is 0 Å². The smallest absolute Gasteiger partial charge is 0.110 e. The maximum Gasteiger partial charge on any atom is 0.110 e. The zero-order valence-corrected chi connectivity index (χ0v) is 12.5. The summed E-state index contributed by atoms with van der Waals surface area (Å²) in [6, 6.07) is 12.7. The van der Waals surface area contributed by atoms with E-state index in [4.69, 9.17) is 10.7 Å². The molecule has 22 heavy (non-hydrogen) atoms. The second-order valence-corrected chi connectivity index (χ2v) is 6.18. The first-order valence-electron chi connectivity index (χ1n) is 7.96. The minimum absolute atomic E-state index is 0.372. The Morgan fingerprint density at radius 2 is 1.91 bits per heavy atom. The first-order valence-corrected chi connectivity index (χ1v) is 7.96. The summed E-state index contributed by atoms with van der Waals surface area (Å²) in [7, 11) is 0. The fourth-order valence-electron chi connectivity index (χ4n) is 3.31. The number of benzene rings is 1. The summed E-state index contributed by atoms with van der Waals surface area (Å²) in [6.45, 7) is 0. The molecule has 0 aliphatic heterocycles. The molecule has 4 rings (SSSR count). The van der Waals surface area contributed by atoms with Gasteiger partial charge in [0.2, 0.25) is 0 Å². The molecular formula is C18H20N4. The van der Waals surface area contributed by atoms with Crippen LogP contribution in [0.1, 0.15) is 37.4 Å². The molecule has 0 saturated heterocycles. The number of H-pyrrole nitrogens is 1.